The van der Waals surface area contributed by atoms with Crippen LogP contribution < -0.4 is 5.32 Å². The highest BCUT2D eigenvalue weighted by Crippen LogP contribution is 2.49. The maximum absolute atomic E-state index is 6.57. The maximum atomic E-state index is 6.57. The number of benzene rings is 1. The Balaban J connectivity index is 2.10. The van der Waals surface area contributed by atoms with Crippen molar-refractivity contribution in [3.05, 3.63) is 39.9 Å². The molecule has 0 aromatic heterocycles. The van der Waals surface area contributed by atoms with Crippen molar-refractivity contribution in [3.63, 3.8) is 0 Å². The van der Waals surface area contributed by atoms with Crippen LogP contribution in [0.5, 0.6) is 0 Å². The van der Waals surface area contributed by atoms with E-state index in [1.807, 2.05) is 6.92 Å². The van der Waals surface area contributed by atoms with Gasteiger partial charge in [-0.15, -0.1) is 0 Å². The van der Waals surface area contributed by atoms with E-state index in [1.54, 1.807) is 0 Å². The Morgan fingerprint density at radius 1 is 1.44 bits per heavy atom. The van der Waals surface area contributed by atoms with Crippen molar-refractivity contribution in [1.29, 1.82) is 0 Å². The van der Waals surface area contributed by atoms with E-state index in [0.29, 0.717) is 11.3 Å². The van der Waals surface area contributed by atoms with Gasteiger partial charge in [0, 0.05) is 19.0 Å². The molecule has 1 aromatic rings. The summed E-state index contributed by atoms with van der Waals surface area (Å²) >= 11 is 6.57. The van der Waals surface area contributed by atoms with Crippen LogP contribution >= 0.6 is 11.6 Å². The number of halogens is 1. The molecule has 96 valence electrons. The topological polar surface area (TPSA) is 12.0 Å². The van der Waals surface area contributed by atoms with Crippen LogP contribution in [0.1, 0.15) is 42.9 Å². The zero-order chi connectivity index (χ0) is 12.8. The van der Waals surface area contributed by atoms with Crippen LogP contribution in [0.15, 0.2) is 18.2 Å². The minimum absolute atomic E-state index is 0.429. The summed E-state index contributed by atoms with van der Waals surface area (Å²) in [5, 5.41) is 4.52. The highest BCUT2D eigenvalue weighted by atomic mass is 35.5. The number of nitrogens with one attached hydrogen (secondary N) is 1. The zero-order valence-corrected chi connectivity index (χ0v) is 11.8. The van der Waals surface area contributed by atoms with Crippen LogP contribution in [-0.4, -0.2) is 13.1 Å². The Labute approximate surface area is 114 Å². The molecule has 0 amide bonds. The third kappa shape index (κ3) is 1.72. The fourth-order valence-electron chi connectivity index (χ4n) is 3.57. The van der Waals surface area contributed by atoms with Gasteiger partial charge < -0.3 is 5.32 Å². The Morgan fingerprint density at radius 3 is 3.06 bits per heavy atom. The molecule has 0 saturated carbocycles. The smallest absolute Gasteiger partial charge is 0.0513 e. The van der Waals surface area contributed by atoms with Crippen molar-refractivity contribution in [3.8, 4) is 0 Å². The van der Waals surface area contributed by atoms with Crippen LogP contribution in [0.4, 0.5) is 0 Å². The van der Waals surface area contributed by atoms with E-state index in [1.165, 1.54) is 17.5 Å². The summed E-state index contributed by atoms with van der Waals surface area (Å²) in [4.78, 5) is 0. The Hall–Kier alpha value is -0.790. The van der Waals surface area contributed by atoms with Crippen molar-refractivity contribution in [1.82, 2.24) is 5.32 Å². The van der Waals surface area contributed by atoms with Gasteiger partial charge in [0.15, 0.2) is 0 Å². The molecule has 0 bridgehead atoms. The summed E-state index contributed by atoms with van der Waals surface area (Å²) in [6.45, 7) is 6.69. The van der Waals surface area contributed by atoms with E-state index >= 15 is 0 Å². The van der Waals surface area contributed by atoms with Gasteiger partial charge in [-0.05, 0) is 41.9 Å². The molecule has 3 rings (SSSR count). The van der Waals surface area contributed by atoms with Gasteiger partial charge in [-0.2, -0.15) is 0 Å². The Bertz CT molecular complexity index is 506. The lowest BCUT2D eigenvalue weighted by Crippen LogP contribution is -2.30. The molecule has 1 saturated heterocycles. The molecule has 1 N–H and O–H groups in total. The van der Waals surface area contributed by atoms with Gasteiger partial charge in [-0.25, -0.2) is 0 Å². The third-order valence-corrected chi connectivity index (χ3v) is 5.14. The molecule has 2 heteroatoms. The summed E-state index contributed by atoms with van der Waals surface area (Å²) in [5.41, 5.74) is 4.45. The first-order chi connectivity index (χ1) is 8.65. The lowest BCUT2D eigenvalue weighted by atomic mass is 9.67. The zero-order valence-electron chi connectivity index (χ0n) is 11.1. The normalized spacial score (nSPS) is 30.5. The first kappa shape index (κ1) is 12.3. The molecule has 1 aliphatic heterocycles. The predicted molar refractivity (Wildman–Crippen MR) is 78.2 cm³/mol. The molecule has 0 radical (unpaired) electrons. The van der Waals surface area contributed by atoms with Gasteiger partial charge in [-0.3, -0.25) is 0 Å². The number of allylic oxidation sites excluding steroid dienone is 1. The van der Waals surface area contributed by atoms with Crippen LogP contribution in [0.3, 0.4) is 0 Å². The molecular formula is C16H20ClN. The molecule has 0 spiro atoms. The van der Waals surface area contributed by atoms with E-state index in [9.17, 15) is 0 Å². The minimum Gasteiger partial charge on any atom is -0.316 e. The molecule has 1 fully saturated rings. The first-order valence-electron chi connectivity index (χ1n) is 6.80. The molecule has 2 aliphatic rings. The lowest BCUT2D eigenvalue weighted by Gasteiger charge is -2.37. The van der Waals surface area contributed by atoms with E-state index < -0.39 is 0 Å². The maximum Gasteiger partial charge on any atom is 0.0513 e. The van der Waals surface area contributed by atoms with Gasteiger partial charge in [0.1, 0.15) is 0 Å². The fraction of sp³-hybridized carbons (Fsp3) is 0.500. The third-order valence-electron chi connectivity index (χ3n) is 4.70. The largest absolute Gasteiger partial charge is 0.316 e. The molecule has 2 atom stereocenters. The van der Waals surface area contributed by atoms with Crippen molar-refractivity contribution in [2.45, 2.75) is 32.6 Å². The second-order valence-electron chi connectivity index (χ2n) is 5.87. The molecule has 1 nitrogen and oxygen atoms in total. The standard InChI is InChI=1S/C16H20ClN/c1-3-4-11-5-6-12-13(15(11)17)7-8-16(2)10-18-9-14(12)16/h3-6,14,18H,7-10H2,1-2H3/b4-3-/t14-,16?/m0/s1. The van der Waals surface area contributed by atoms with Crippen LogP contribution in [-0.2, 0) is 6.42 Å². The predicted octanol–water partition coefficient (Wildman–Crippen LogP) is 4.01. The molecule has 1 aliphatic carbocycles. The average molecular weight is 262 g/mol. The number of hydrogen-bond acceptors (Lipinski definition) is 1. The quantitative estimate of drug-likeness (QED) is 0.805. The van der Waals surface area contributed by atoms with Gasteiger partial charge in [0.05, 0.1) is 5.02 Å². The van der Waals surface area contributed by atoms with Crippen molar-refractivity contribution in [2.24, 2.45) is 5.41 Å². The Kier molecular flexibility index (Phi) is 2.99. The fourth-order valence-corrected chi connectivity index (χ4v) is 3.90. The summed E-state index contributed by atoms with van der Waals surface area (Å²) in [6.07, 6.45) is 6.52. The second-order valence-corrected chi connectivity index (χ2v) is 6.25. The van der Waals surface area contributed by atoms with E-state index in [-0.39, 0.29) is 0 Å². The number of hydrogen-bond donors (Lipinski definition) is 1. The lowest BCUT2D eigenvalue weighted by molar-refractivity contribution is 0.277. The summed E-state index contributed by atoms with van der Waals surface area (Å²) in [5.74, 6) is 0.637. The summed E-state index contributed by atoms with van der Waals surface area (Å²) in [6, 6.07) is 4.47. The van der Waals surface area contributed by atoms with E-state index in [4.69, 9.17) is 11.6 Å². The average Bonchev–Trinajstić information content (AvgIpc) is 2.75. The van der Waals surface area contributed by atoms with E-state index in [0.717, 1.165) is 30.1 Å². The molecule has 1 aromatic carbocycles. The molecule has 1 unspecified atom stereocenters. The SMILES string of the molecule is C/C=C\c1ccc2c(c1Cl)CCC1(C)CNC[C@@H]21. The first-order valence-corrected chi connectivity index (χ1v) is 7.18. The van der Waals surface area contributed by atoms with Gasteiger partial charge in [0.25, 0.3) is 0 Å². The summed E-state index contributed by atoms with van der Waals surface area (Å²) < 4.78 is 0. The second kappa shape index (κ2) is 4.40. The van der Waals surface area contributed by atoms with Gasteiger partial charge in [0.2, 0.25) is 0 Å². The van der Waals surface area contributed by atoms with Crippen LogP contribution in [0, 0.1) is 5.41 Å². The number of fused-ring (bicyclic) bond motifs is 3. The van der Waals surface area contributed by atoms with Crippen molar-refractivity contribution >= 4 is 17.7 Å². The minimum atomic E-state index is 0.429. The monoisotopic (exact) mass is 261 g/mol. The highest BCUT2D eigenvalue weighted by Gasteiger charge is 2.43. The van der Waals surface area contributed by atoms with Gasteiger partial charge >= 0.3 is 0 Å². The molecular weight excluding hydrogens is 242 g/mol. The Morgan fingerprint density at radius 2 is 2.28 bits per heavy atom. The van der Waals surface area contributed by atoms with Crippen molar-refractivity contribution < 1.29 is 0 Å². The van der Waals surface area contributed by atoms with Crippen molar-refractivity contribution in [2.75, 3.05) is 13.1 Å². The molecule has 18 heavy (non-hydrogen) atoms. The van der Waals surface area contributed by atoms with E-state index in [2.05, 4.69) is 36.5 Å². The van der Waals surface area contributed by atoms with Crippen LogP contribution in [0.25, 0.3) is 6.08 Å². The van der Waals surface area contributed by atoms with Gasteiger partial charge in [-0.1, -0.05) is 42.8 Å². The summed E-state index contributed by atoms with van der Waals surface area (Å²) in [7, 11) is 0. The highest BCUT2D eigenvalue weighted by molar-refractivity contribution is 6.33. The van der Waals surface area contributed by atoms with Crippen LogP contribution in [0.2, 0.25) is 5.02 Å². The molecule has 1 heterocycles. The number of rotatable bonds is 1.